The number of amides is 2. The van der Waals surface area contributed by atoms with E-state index in [-0.39, 0.29) is 18.2 Å². The van der Waals surface area contributed by atoms with Crippen LogP contribution in [0.1, 0.15) is 19.0 Å². The Bertz CT molecular complexity index is 538. The van der Waals surface area contributed by atoms with E-state index in [1.54, 1.807) is 25.3 Å². The number of carbonyl (C=O) groups excluding carboxylic acids is 2. The van der Waals surface area contributed by atoms with Gasteiger partial charge in [0.15, 0.2) is 0 Å². The largest absolute Gasteiger partial charge is 0.273 e. The first kappa shape index (κ1) is 12.9. The standard InChI is InChI=1S/C12H13N5O2/c1-8-10(12(19)17-15-8)6-11(18)16-14-7-9-4-2-3-5-13-9/h2-5,7,10H,6H2,1H3,(H,16,18)(H,17,19)/b14-7+. The monoisotopic (exact) mass is 259 g/mol. The van der Waals surface area contributed by atoms with E-state index in [2.05, 4.69) is 26.0 Å². The van der Waals surface area contributed by atoms with Gasteiger partial charge in [0, 0.05) is 18.3 Å². The molecule has 0 saturated carbocycles. The third-order valence-corrected chi connectivity index (χ3v) is 2.63. The average molecular weight is 259 g/mol. The van der Waals surface area contributed by atoms with Gasteiger partial charge in [0.05, 0.1) is 17.8 Å². The molecular weight excluding hydrogens is 246 g/mol. The lowest BCUT2D eigenvalue weighted by Gasteiger charge is -2.05. The molecule has 98 valence electrons. The average Bonchev–Trinajstić information content (AvgIpc) is 2.72. The van der Waals surface area contributed by atoms with Gasteiger partial charge in [-0.1, -0.05) is 6.07 Å². The number of carbonyl (C=O) groups is 2. The number of hydrogen-bond acceptors (Lipinski definition) is 5. The Balaban J connectivity index is 1.84. The van der Waals surface area contributed by atoms with Gasteiger partial charge in [-0.05, 0) is 19.1 Å². The molecule has 1 unspecified atom stereocenters. The molecule has 1 aliphatic heterocycles. The Hall–Kier alpha value is -2.57. The van der Waals surface area contributed by atoms with Crippen molar-refractivity contribution in [2.75, 3.05) is 0 Å². The summed E-state index contributed by atoms with van der Waals surface area (Å²) in [6.07, 6.45) is 3.10. The van der Waals surface area contributed by atoms with Gasteiger partial charge in [-0.2, -0.15) is 10.2 Å². The molecule has 7 heteroatoms. The molecule has 1 aromatic heterocycles. The van der Waals surface area contributed by atoms with Crippen LogP contribution in [0, 0.1) is 5.92 Å². The number of hydrogen-bond donors (Lipinski definition) is 2. The maximum Gasteiger partial charge on any atom is 0.249 e. The van der Waals surface area contributed by atoms with Crippen molar-refractivity contribution in [3.8, 4) is 0 Å². The zero-order valence-electron chi connectivity index (χ0n) is 10.3. The zero-order valence-corrected chi connectivity index (χ0v) is 10.3. The first-order valence-corrected chi connectivity index (χ1v) is 5.74. The number of aromatic nitrogens is 1. The zero-order chi connectivity index (χ0) is 13.7. The van der Waals surface area contributed by atoms with Crippen molar-refractivity contribution in [3.63, 3.8) is 0 Å². The van der Waals surface area contributed by atoms with Crippen molar-refractivity contribution in [1.29, 1.82) is 0 Å². The second-order valence-corrected chi connectivity index (χ2v) is 4.03. The Labute approximate surface area is 109 Å². The predicted molar refractivity (Wildman–Crippen MR) is 69.3 cm³/mol. The summed E-state index contributed by atoms with van der Waals surface area (Å²) in [7, 11) is 0. The van der Waals surface area contributed by atoms with Crippen molar-refractivity contribution in [2.24, 2.45) is 16.1 Å². The van der Waals surface area contributed by atoms with Gasteiger partial charge in [0.25, 0.3) is 0 Å². The molecule has 1 aliphatic rings. The Morgan fingerprint density at radius 3 is 3.05 bits per heavy atom. The van der Waals surface area contributed by atoms with Crippen molar-refractivity contribution in [2.45, 2.75) is 13.3 Å². The van der Waals surface area contributed by atoms with Gasteiger partial charge in [0.2, 0.25) is 11.8 Å². The van der Waals surface area contributed by atoms with Gasteiger partial charge in [-0.15, -0.1) is 0 Å². The van der Waals surface area contributed by atoms with E-state index < -0.39 is 5.92 Å². The fraction of sp³-hybridized carbons (Fsp3) is 0.250. The van der Waals surface area contributed by atoms with Crippen molar-refractivity contribution in [1.82, 2.24) is 15.8 Å². The van der Waals surface area contributed by atoms with Crippen LogP contribution >= 0.6 is 0 Å². The molecule has 2 rings (SSSR count). The fourth-order valence-corrected chi connectivity index (χ4v) is 1.58. The third-order valence-electron chi connectivity index (χ3n) is 2.63. The summed E-state index contributed by atoms with van der Waals surface area (Å²) in [5, 5.41) is 7.54. The van der Waals surface area contributed by atoms with E-state index in [0.717, 1.165) is 0 Å². The minimum absolute atomic E-state index is 0.0285. The maximum absolute atomic E-state index is 11.6. The number of hydrazone groups is 2. The minimum atomic E-state index is -0.509. The summed E-state index contributed by atoms with van der Waals surface area (Å²) in [5.41, 5.74) is 5.93. The van der Waals surface area contributed by atoms with E-state index in [1.165, 1.54) is 6.21 Å². The Kier molecular flexibility index (Phi) is 3.97. The summed E-state index contributed by atoms with van der Waals surface area (Å²) in [6, 6.07) is 5.37. The van der Waals surface area contributed by atoms with Crippen LogP contribution in [-0.2, 0) is 9.59 Å². The number of nitrogens with zero attached hydrogens (tertiary/aromatic N) is 3. The molecule has 19 heavy (non-hydrogen) atoms. The molecule has 2 heterocycles. The van der Waals surface area contributed by atoms with Crippen molar-refractivity contribution < 1.29 is 9.59 Å². The number of rotatable bonds is 4. The topological polar surface area (TPSA) is 95.8 Å². The molecule has 0 fully saturated rings. The smallest absolute Gasteiger partial charge is 0.249 e. The lowest BCUT2D eigenvalue weighted by atomic mass is 10.0. The van der Waals surface area contributed by atoms with Crippen LogP contribution < -0.4 is 10.9 Å². The Morgan fingerprint density at radius 2 is 2.42 bits per heavy atom. The summed E-state index contributed by atoms with van der Waals surface area (Å²) in [5.74, 6) is -1.12. The summed E-state index contributed by atoms with van der Waals surface area (Å²) >= 11 is 0. The van der Waals surface area contributed by atoms with Crippen LogP contribution in [0.2, 0.25) is 0 Å². The molecule has 0 aliphatic carbocycles. The van der Waals surface area contributed by atoms with Crippen LogP contribution in [0.25, 0.3) is 0 Å². The number of pyridine rings is 1. The fourth-order valence-electron chi connectivity index (χ4n) is 1.58. The normalized spacial score (nSPS) is 18.3. The second kappa shape index (κ2) is 5.85. The van der Waals surface area contributed by atoms with Crippen LogP contribution in [-0.4, -0.2) is 28.7 Å². The first-order chi connectivity index (χ1) is 9.16. The van der Waals surface area contributed by atoms with E-state index >= 15 is 0 Å². The summed E-state index contributed by atoms with van der Waals surface area (Å²) in [4.78, 5) is 27.0. The van der Waals surface area contributed by atoms with Crippen LogP contribution in [0.4, 0.5) is 0 Å². The number of nitrogens with one attached hydrogen (secondary N) is 2. The van der Waals surface area contributed by atoms with Crippen LogP contribution in [0.15, 0.2) is 34.6 Å². The molecule has 0 aromatic carbocycles. The molecule has 0 spiro atoms. The first-order valence-electron chi connectivity index (χ1n) is 5.74. The van der Waals surface area contributed by atoms with Crippen molar-refractivity contribution >= 4 is 23.7 Å². The minimum Gasteiger partial charge on any atom is -0.273 e. The molecule has 7 nitrogen and oxygen atoms in total. The van der Waals surface area contributed by atoms with Crippen LogP contribution in [0.3, 0.4) is 0 Å². The molecule has 0 radical (unpaired) electrons. The molecule has 2 N–H and O–H groups in total. The predicted octanol–water partition coefficient (Wildman–Crippen LogP) is 0.0437. The Morgan fingerprint density at radius 1 is 1.58 bits per heavy atom. The third kappa shape index (κ3) is 3.44. The quantitative estimate of drug-likeness (QED) is 0.590. The lowest BCUT2D eigenvalue weighted by molar-refractivity contribution is -0.127. The molecule has 1 atom stereocenters. The van der Waals surface area contributed by atoms with Gasteiger partial charge in [-0.3, -0.25) is 14.6 Å². The summed E-state index contributed by atoms with van der Waals surface area (Å²) in [6.45, 7) is 1.70. The van der Waals surface area contributed by atoms with E-state index in [4.69, 9.17) is 0 Å². The highest BCUT2D eigenvalue weighted by Gasteiger charge is 2.28. The van der Waals surface area contributed by atoms with Crippen LogP contribution in [0.5, 0.6) is 0 Å². The van der Waals surface area contributed by atoms with Gasteiger partial charge >= 0.3 is 0 Å². The van der Waals surface area contributed by atoms with E-state index in [0.29, 0.717) is 11.4 Å². The maximum atomic E-state index is 11.6. The van der Waals surface area contributed by atoms with Crippen molar-refractivity contribution in [3.05, 3.63) is 30.1 Å². The summed E-state index contributed by atoms with van der Waals surface area (Å²) < 4.78 is 0. The molecule has 1 aromatic rings. The highest BCUT2D eigenvalue weighted by molar-refractivity contribution is 6.09. The highest BCUT2D eigenvalue weighted by atomic mass is 16.2. The lowest BCUT2D eigenvalue weighted by Crippen LogP contribution is -2.29. The van der Waals surface area contributed by atoms with Gasteiger partial charge in [0.1, 0.15) is 0 Å². The van der Waals surface area contributed by atoms with E-state index in [9.17, 15) is 9.59 Å². The molecular formula is C12H13N5O2. The highest BCUT2D eigenvalue weighted by Crippen LogP contribution is 2.11. The molecule has 0 bridgehead atoms. The molecule has 0 saturated heterocycles. The second-order valence-electron chi connectivity index (χ2n) is 4.03. The van der Waals surface area contributed by atoms with E-state index in [1.807, 2.05) is 6.07 Å². The SMILES string of the molecule is CC1=NNC(=O)C1CC(=O)N/N=C/c1ccccn1. The van der Waals surface area contributed by atoms with Gasteiger partial charge < -0.3 is 0 Å². The van der Waals surface area contributed by atoms with Gasteiger partial charge in [-0.25, -0.2) is 10.9 Å². The molecule has 2 amide bonds.